The van der Waals surface area contributed by atoms with Crippen LogP contribution in [0.3, 0.4) is 0 Å². The average molecular weight is 182 g/mol. The van der Waals surface area contributed by atoms with E-state index in [4.69, 9.17) is 25.2 Å². The van der Waals surface area contributed by atoms with Crippen LogP contribution in [-0.2, 0) is 4.79 Å². The summed E-state index contributed by atoms with van der Waals surface area (Å²) in [4.78, 5) is 9.00. The second kappa shape index (κ2) is 16.7. The topological polar surface area (TPSA) is 98.0 Å². The fourth-order valence-corrected chi connectivity index (χ4v) is 0. The maximum absolute atomic E-state index is 9.00. The second-order valence-corrected chi connectivity index (χ2v) is 1.87. The van der Waals surface area contributed by atoms with E-state index >= 15 is 0 Å². The molecule has 0 bridgehead atoms. The molecule has 4 N–H and O–H groups in total. The largest absolute Gasteiger partial charge is 0.481 e. The summed E-state index contributed by atoms with van der Waals surface area (Å²) in [6.45, 7) is 4.40. The molecule has 0 aliphatic rings. The number of carboxylic acid groups (broad SMARTS) is 1. The van der Waals surface area contributed by atoms with Gasteiger partial charge in [-0.3, -0.25) is 4.79 Å². The molecule has 0 aliphatic carbocycles. The van der Waals surface area contributed by atoms with Crippen molar-refractivity contribution >= 4 is 5.97 Å². The van der Waals surface area contributed by atoms with E-state index < -0.39 is 12.1 Å². The van der Waals surface area contributed by atoms with E-state index in [0.717, 1.165) is 6.92 Å². The van der Waals surface area contributed by atoms with Crippen LogP contribution in [-0.4, -0.2) is 45.7 Å². The Balaban J connectivity index is -0.000000105. The summed E-state index contributed by atoms with van der Waals surface area (Å²) < 4.78 is 0. The average Bonchev–Trinajstić information content (AvgIpc) is 1.88. The quantitative estimate of drug-likeness (QED) is 0.436. The molecule has 0 aromatic rings. The zero-order valence-corrected chi connectivity index (χ0v) is 7.69. The van der Waals surface area contributed by atoms with Gasteiger partial charge in [-0.1, -0.05) is 0 Å². The predicted molar refractivity (Wildman–Crippen MR) is 44.8 cm³/mol. The molecule has 0 heterocycles. The van der Waals surface area contributed by atoms with Crippen molar-refractivity contribution in [2.45, 2.75) is 26.9 Å². The first kappa shape index (κ1) is 17.4. The number of aliphatic hydroxyl groups is 3. The summed E-state index contributed by atoms with van der Waals surface area (Å²) in [5.74, 6) is -0.833. The Hall–Kier alpha value is -0.650. The highest BCUT2D eigenvalue weighted by molar-refractivity contribution is 5.62. The van der Waals surface area contributed by atoms with Gasteiger partial charge in [-0.2, -0.15) is 0 Å². The third-order valence-electron chi connectivity index (χ3n) is 0.264. The van der Waals surface area contributed by atoms with Gasteiger partial charge in [0.15, 0.2) is 0 Å². The maximum atomic E-state index is 9.00. The Kier molecular flexibility index (Phi) is 24.3. The van der Waals surface area contributed by atoms with Crippen molar-refractivity contribution < 1.29 is 25.2 Å². The predicted octanol–water partition coefficient (Wildman–Crippen LogP) is -0.551. The summed E-state index contributed by atoms with van der Waals surface area (Å²) in [6, 6.07) is 0. The zero-order chi connectivity index (χ0) is 10.6. The van der Waals surface area contributed by atoms with Crippen LogP contribution in [0.4, 0.5) is 0 Å². The number of aliphatic hydroxyl groups excluding tert-OH is 3. The fourth-order valence-electron chi connectivity index (χ4n) is 0. The second-order valence-electron chi connectivity index (χ2n) is 1.87. The molecule has 5 heteroatoms. The number of aliphatic carboxylic acids is 1. The van der Waals surface area contributed by atoms with Crippen molar-refractivity contribution in [2.24, 2.45) is 0 Å². The third-order valence-corrected chi connectivity index (χ3v) is 0.264. The minimum atomic E-state index is -0.833. The molecule has 76 valence electrons. The Morgan fingerprint density at radius 1 is 1.42 bits per heavy atom. The molecule has 0 saturated heterocycles. The first-order valence-corrected chi connectivity index (χ1v) is 3.51. The molecule has 0 aromatic carbocycles. The molecule has 0 saturated carbocycles. The highest BCUT2D eigenvalue weighted by atomic mass is 16.4. The van der Waals surface area contributed by atoms with Crippen LogP contribution in [0.5, 0.6) is 0 Å². The number of carboxylic acids is 1. The molecular weight excluding hydrogens is 164 g/mol. The van der Waals surface area contributed by atoms with E-state index in [9.17, 15) is 0 Å². The van der Waals surface area contributed by atoms with Crippen molar-refractivity contribution in [3.8, 4) is 0 Å². The summed E-state index contributed by atoms with van der Waals surface area (Å²) in [5.41, 5.74) is 0. The number of rotatable bonds is 1. The Labute approximate surface area is 72.3 Å². The molecule has 0 spiro atoms. The van der Waals surface area contributed by atoms with Gasteiger partial charge in [0.05, 0.1) is 12.7 Å². The Morgan fingerprint density at radius 2 is 1.50 bits per heavy atom. The van der Waals surface area contributed by atoms with Crippen LogP contribution in [0.25, 0.3) is 0 Å². The van der Waals surface area contributed by atoms with Gasteiger partial charge in [0.2, 0.25) is 0 Å². The lowest BCUT2D eigenvalue weighted by Gasteiger charge is -1.90. The van der Waals surface area contributed by atoms with Crippen LogP contribution < -0.4 is 0 Å². The normalized spacial score (nSPS) is 9.83. The molecule has 0 aromatic heterocycles. The summed E-state index contributed by atoms with van der Waals surface area (Å²) in [7, 11) is 0. The standard InChI is InChI=1S/C3H8O2.C2H4O2.C2H6O/c1-3(5)2-4;1-2(3)4;1-2-3/h3-5H,2H2,1H3;1H3,(H,3,4);3H,2H2,1H3. The number of hydrogen-bond donors (Lipinski definition) is 4. The molecule has 1 unspecified atom stereocenters. The Morgan fingerprint density at radius 3 is 1.50 bits per heavy atom. The van der Waals surface area contributed by atoms with Gasteiger partial charge in [0.25, 0.3) is 5.97 Å². The van der Waals surface area contributed by atoms with Gasteiger partial charge < -0.3 is 20.4 Å². The number of hydrogen-bond acceptors (Lipinski definition) is 4. The molecule has 1 atom stereocenters. The van der Waals surface area contributed by atoms with Crippen molar-refractivity contribution in [3.63, 3.8) is 0 Å². The van der Waals surface area contributed by atoms with Crippen LogP contribution in [0.1, 0.15) is 20.8 Å². The molecule has 0 radical (unpaired) electrons. The third kappa shape index (κ3) is 358. The van der Waals surface area contributed by atoms with Crippen LogP contribution >= 0.6 is 0 Å². The molecule has 0 aliphatic heterocycles. The van der Waals surface area contributed by atoms with E-state index in [0.29, 0.717) is 0 Å². The van der Waals surface area contributed by atoms with Crippen LogP contribution in [0.2, 0.25) is 0 Å². The monoisotopic (exact) mass is 182 g/mol. The van der Waals surface area contributed by atoms with Gasteiger partial charge in [-0.15, -0.1) is 0 Å². The first-order valence-electron chi connectivity index (χ1n) is 3.51. The minimum Gasteiger partial charge on any atom is -0.481 e. The summed E-state index contributed by atoms with van der Waals surface area (Å²) >= 11 is 0. The highest BCUT2D eigenvalue weighted by Gasteiger charge is 1.83. The van der Waals surface area contributed by atoms with Gasteiger partial charge in [0.1, 0.15) is 0 Å². The van der Waals surface area contributed by atoms with Crippen molar-refractivity contribution in [1.29, 1.82) is 0 Å². The molecular formula is C7H18O5. The first-order chi connectivity index (χ1) is 5.42. The van der Waals surface area contributed by atoms with Gasteiger partial charge >= 0.3 is 0 Å². The fraction of sp³-hybridized carbons (Fsp3) is 0.857. The zero-order valence-electron chi connectivity index (χ0n) is 7.69. The van der Waals surface area contributed by atoms with Crippen LogP contribution in [0.15, 0.2) is 0 Å². The molecule has 12 heavy (non-hydrogen) atoms. The molecule has 5 nitrogen and oxygen atoms in total. The SMILES string of the molecule is CC(=O)O.CC(O)CO.CCO. The molecule has 0 rings (SSSR count). The van der Waals surface area contributed by atoms with E-state index in [2.05, 4.69) is 0 Å². The van der Waals surface area contributed by atoms with E-state index in [-0.39, 0.29) is 13.2 Å². The lowest BCUT2D eigenvalue weighted by atomic mass is 10.5. The minimum absolute atomic E-state index is 0.139. The summed E-state index contributed by atoms with van der Waals surface area (Å²) in [5, 5.41) is 31.0. The molecule has 0 amide bonds. The lowest BCUT2D eigenvalue weighted by Crippen LogP contribution is -2.03. The van der Waals surface area contributed by atoms with E-state index in [1.807, 2.05) is 0 Å². The van der Waals surface area contributed by atoms with Gasteiger partial charge in [-0.25, -0.2) is 0 Å². The highest BCUT2D eigenvalue weighted by Crippen LogP contribution is 1.68. The maximum Gasteiger partial charge on any atom is 0.300 e. The number of carbonyl (C=O) groups is 1. The van der Waals surface area contributed by atoms with Gasteiger partial charge in [-0.05, 0) is 13.8 Å². The molecule has 0 fully saturated rings. The van der Waals surface area contributed by atoms with Crippen molar-refractivity contribution in [2.75, 3.05) is 13.2 Å². The van der Waals surface area contributed by atoms with Crippen molar-refractivity contribution in [3.05, 3.63) is 0 Å². The summed E-state index contributed by atoms with van der Waals surface area (Å²) in [6.07, 6.45) is -0.560. The van der Waals surface area contributed by atoms with Crippen LogP contribution in [0, 0.1) is 0 Å². The van der Waals surface area contributed by atoms with Gasteiger partial charge in [0, 0.05) is 13.5 Å². The van der Waals surface area contributed by atoms with E-state index in [1.165, 1.54) is 6.92 Å². The van der Waals surface area contributed by atoms with Crippen molar-refractivity contribution in [1.82, 2.24) is 0 Å². The lowest BCUT2D eigenvalue weighted by molar-refractivity contribution is -0.134. The van der Waals surface area contributed by atoms with E-state index in [1.54, 1.807) is 6.92 Å². The Bertz CT molecular complexity index is 77.9. The smallest absolute Gasteiger partial charge is 0.300 e.